The molecular weight excluding hydrogens is 299 g/mol. The van der Waals surface area contributed by atoms with Gasteiger partial charge in [0.25, 0.3) is 0 Å². The smallest absolute Gasteiger partial charge is 0.335 e. The van der Waals surface area contributed by atoms with Crippen LogP contribution in [0.1, 0.15) is 23.7 Å². The first-order chi connectivity index (χ1) is 9.79. The number of hydrogen-bond acceptors (Lipinski definition) is 3. The topological polar surface area (TPSA) is 95.5 Å². The van der Waals surface area contributed by atoms with E-state index in [4.69, 9.17) is 5.11 Å². The molecule has 0 radical (unpaired) electrons. The van der Waals surface area contributed by atoms with Gasteiger partial charge >= 0.3 is 12.0 Å². The predicted octanol–water partition coefficient (Wildman–Crippen LogP) is 1.80. The summed E-state index contributed by atoms with van der Waals surface area (Å²) in [5.74, 6) is -1.61. The summed E-state index contributed by atoms with van der Waals surface area (Å²) in [6.45, 7) is 1.75. The molecule has 2 atom stereocenters. The maximum Gasteiger partial charge on any atom is 0.335 e. The minimum absolute atomic E-state index is 0.108. The highest BCUT2D eigenvalue weighted by atomic mass is 32.2. The van der Waals surface area contributed by atoms with Gasteiger partial charge in [-0.3, -0.25) is 4.21 Å². The Morgan fingerprint density at radius 1 is 1.43 bits per heavy atom. The molecule has 0 spiro atoms. The van der Waals surface area contributed by atoms with E-state index in [-0.39, 0.29) is 17.3 Å². The van der Waals surface area contributed by atoms with E-state index in [0.717, 1.165) is 6.07 Å². The lowest BCUT2D eigenvalue weighted by atomic mass is 10.2. The summed E-state index contributed by atoms with van der Waals surface area (Å²) < 4.78 is 24.6. The molecule has 8 heteroatoms. The molecule has 0 aromatic heterocycles. The summed E-state index contributed by atoms with van der Waals surface area (Å²) in [7, 11) is -0.937. The van der Waals surface area contributed by atoms with E-state index in [1.54, 1.807) is 13.2 Å². The first kappa shape index (κ1) is 17.1. The number of carboxylic acids is 1. The number of urea groups is 1. The zero-order chi connectivity index (χ0) is 16.0. The van der Waals surface area contributed by atoms with Gasteiger partial charge in [0.05, 0.1) is 11.3 Å². The van der Waals surface area contributed by atoms with Crippen molar-refractivity contribution in [1.82, 2.24) is 5.32 Å². The van der Waals surface area contributed by atoms with Gasteiger partial charge in [0.1, 0.15) is 5.82 Å². The fraction of sp³-hybridized carbons (Fsp3) is 0.385. The van der Waals surface area contributed by atoms with E-state index < -0.39 is 28.6 Å². The van der Waals surface area contributed by atoms with Crippen molar-refractivity contribution in [1.29, 1.82) is 0 Å². The Hall–Kier alpha value is -1.96. The Morgan fingerprint density at radius 2 is 2.10 bits per heavy atom. The van der Waals surface area contributed by atoms with Crippen molar-refractivity contribution in [2.75, 3.05) is 17.3 Å². The van der Waals surface area contributed by atoms with Crippen molar-refractivity contribution in [3.63, 3.8) is 0 Å². The Bertz CT molecular complexity index is 565. The maximum atomic E-state index is 13.6. The molecule has 0 heterocycles. The molecule has 0 saturated carbocycles. The molecular formula is C13H17FN2O4S. The van der Waals surface area contributed by atoms with Gasteiger partial charge in [-0.05, 0) is 31.5 Å². The molecule has 2 unspecified atom stereocenters. The van der Waals surface area contributed by atoms with Crippen LogP contribution in [0.3, 0.4) is 0 Å². The number of carbonyl (C=O) groups is 2. The van der Waals surface area contributed by atoms with E-state index >= 15 is 0 Å². The molecule has 0 saturated heterocycles. The van der Waals surface area contributed by atoms with Crippen LogP contribution in [-0.4, -0.2) is 39.4 Å². The van der Waals surface area contributed by atoms with E-state index in [0.29, 0.717) is 12.2 Å². The molecule has 6 nitrogen and oxygen atoms in total. The number of nitrogens with one attached hydrogen (secondary N) is 2. The highest BCUT2D eigenvalue weighted by Gasteiger charge is 2.12. The lowest BCUT2D eigenvalue weighted by molar-refractivity contribution is 0.0696. The largest absolute Gasteiger partial charge is 0.478 e. The van der Waals surface area contributed by atoms with Gasteiger partial charge in [0, 0.05) is 28.9 Å². The maximum absolute atomic E-state index is 13.6. The Morgan fingerprint density at radius 3 is 2.62 bits per heavy atom. The fourth-order valence-corrected chi connectivity index (χ4v) is 2.23. The minimum atomic E-state index is -1.24. The molecule has 116 valence electrons. The molecule has 3 N–H and O–H groups in total. The third-order valence-corrected chi connectivity index (χ3v) is 3.49. The first-order valence-electron chi connectivity index (χ1n) is 6.20. The molecule has 1 rings (SSSR count). The summed E-state index contributed by atoms with van der Waals surface area (Å²) in [5, 5.41) is 13.6. The van der Waals surface area contributed by atoms with Crippen molar-refractivity contribution in [2.45, 2.75) is 19.4 Å². The van der Waals surface area contributed by atoms with Gasteiger partial charge < -0.3 is 15.7 Å². The van der Waals surface area contributed by atoms with Crippen molar-refractivity contribution in [2.24, 2.45) is 0 Å². The molecule has 1 aromatic rings. The molecule has 0 aliphatic heterocycles. The van der Waals surface area contributed by atoms with E-state index in [9.17, 15) is 18.2 Å². The standard InChI is InChI=1S/C13H17FN2O4S/c1-8(5-6-21(2)20)15-13(19)16-11-4-3-9(12(17)18)7-10(11)14/h3-4,7-8H,5-6H2,1-2H3,(H,17,18)(H2,15,16,19). The second-order valence-corrected chi connectivity index (χ2v) is 6.12. The number of hydrogen-bond donors (Lipinski definition) is 3. The van der Waals surface area contributed by atoms with Gasteiger partial charge in [-0.25, -0.2) is 14.0 Å². The van der Waals surface area contributed by atoms with Crippen LogP contribution in [-0.2, 0) is 10.8 Å². The molecule has 21 heavy (non-hydrogen) atoms. The van der Waals surface area contributed by atoms with Gasteiger partial charge in [-0.1, -0.05) is 0 Å². The molecule has 0 aliphatic rings. The number of halogens is 1. The Kier molecular flexibility index (Phi) is 6.29. The third kappa shape index (κ3) is 5.90. The van der Waals surface area contributed by atoms with Gasteiger partial charge in [-0.15, -0.1) is 0 Å². The van der Waals surface area contributed by atoms with Crippen LogP contribution < -0.4 is 10.6 Å². The van der Waals surface area contributed by atoms with E-state index in [1.807, 2.05) is 0 Å². The van der Waals surface area contributed by atoms with Crippen LogP contribution >= 0.6 is 0 Å². The van der Waals surface area contributed by atoms with Gasteiger partial charge in [0.2, 0.25) is 0 Å². The van der Waals surface area contributed by atoms with Crippen LogP contribution in [0, 0.1) is 5.82 Å². The van der Waals surface area contributed by atoms with Crippen LogP contribution in [0.25, 0.3) is 0 Å². The number of carbonyl (C=O) groups excluding carboxylic acids is 1. The quantitative estimate of drug-likeness (QED) is 0.746. The summed E-state index contributed by atoms with van der Waals surface area (Å²) in [6.07, 6.45) is 2.11. The lowest BCUT2D eigenvalue weighted by Crippen LogP contribution is -2.37. The van der Waals surface area contributed by atoms with Crippen LogP contribution in [0.15, 0.2) is 18.2 Å². The minimum Gasteiger partial charge on any atom is -0.478 e. The monoisotopic (exact) mass is 316 g/mol. The van der Waals surface area contributed by atoms with Gasteiger partial charge in [-0.2, -0.15) is 0 Å². The first-order valence-corrected chi connectivity index (χ1v) is 7.92. The molecule has 0 fully saturated rings. The average Bonchev–Trinajstić information content (AvgIpc) is 2.38. The zero-order valence-corrected chi connectivity index (χ0v) is 12.5. The van der Waals surface area contributed by atoms with E-state index in [2.05, 4.69) is 10.6 Å². The second-order valence-electron chi connectivity index (χ2n) is 4.57. The summed E-state index contributed by atoms with van der Waals surface area (Å²) in [6, 6.07) is 2.40. The van der Waals surface area contributed by atoms with Crippen molar-refractivity contribution >= 4 is 28.5 Å². The lowest BCUT2D eigenvalue weighted by Gasteiger charge is -2.14. The second kappa shape index (κ2) is 7.72. The molecule has 0 bridgehead atoms. The fourth-order valence-electron chi connectivity index (χ4n) is 1.55. The summed E-state index contributed by atoms with van der Waals surface area (Å²) in [4.78, 5) is 22.3. The number of benzene rings is 1. The van der Waals surface area contributed by atoms with Gasteiger partial charge in [0.15, 0.2) is 0 Å². The normalized spacial score (nSPS) is 13.3. The zero-order valence-electron chi connectivity index (χ0n) is 11.7. The number of aromatic carboxylic acids is 1. The van der Waals surface area contributed by atoms with Crippen LogP contribution in [0.4, 0.5) is 14.9 Å². The predicted molar refractivity (Wildman–Crippen MR) is 78.5 cm³/mol. The Balaban J connectivity index is 2.58. The molecule has 1 aromatic carbocycles. The number of amides is 2. The highest BCUT2D eigenvalue weighted by molar-refractivity contribution is 7.84. The van der Waals surface area contributed by atoms with Crippen molar-refractivity contribution < 1.29 is 23.3 Å². The van der Waals surface area contributed by atoms with Crippen LogP contribution in [0.5, 0.6) is 0 Å². The number of rotatable bonds is 6. The highest BCUT2D eigenvalue weighted by Crippen LogP contribution is 2.15. The average molecular weight is 316 g/mol. The van der Waals surface area contributed by atoms with Crippen molar-refractivity contribution in [3.8, 4) is 0 Å². The number of anilines is 1. The van der Waals surface area contributed by atoms with E-state index in [1.165, 1.54) is 12.1 Å². The van der Waals surface area contributed by atoms with Crippen LogP contribution in [0.2, 0.25) is 0 Å². The Labute approximate surface area is 124 Å². The molecule has 2 amide bonds. The summed E-state index contributed by atoms with van der Waals surface area (Å²) in [5.41, 5.74) is -0.305. The third-order valence-electron chi connectivity index (χ3n) is 2.68. The SMILES string of the molecule is CC(CCS(C)=O)NC(=O)Nc1ccc(C(=O)O)cc1F. The molecule has 0 aliphatic carbocycles. The summed E-state index contributed by atoms with van der Waals surface area (Å²) >= 11 is 0. The number of carboxylic acid groups (broad SMARTS) is 1. The van der Waals surface area contributed by atoms with Crippen molar-refractivity contribution in [3.05, 3.63) is 29.6 Å².